The first kappa shape index (κ1) is 24.7. The predicted molar refractivity (Wildman–Crippen MR) is 137 cm³/mol. The zero-order valence-corrected chi connectivity index (χ0v) is 21.2. The Hall–Kier alpha value is -3.00. The van der Waals surface area contributed by atoms with Crippen molar-refractivity contribution in [3.8, 4) is 17.1 Å². The summed E-state index contributed by atoms with van der Waals surface area (Å²) in [6.45, 7) is 7.19. The van der Waals surface area contributed by atoms with Gasteiger partial charge in [-0.3, -0.25) is 9.59 Å². The monoisotopic (exact) mass is 491 g/mol. The van der Waals surface area contributed by atoms with E-state index in [1.807, 2.05) is 12.1 Å². The molecule has 1 aliphatic carbocycles. The maximum atomic E-state index is 12.8. The van der Waals surface area contributed by atoms with E-state index in [-0.39, 0.29) is 5.91 Å². The van der Waals surface area contributed by atoms with Crippen LogP contribution in [0.5, 0.6) is 6.01 Å². The Morgan fingerprint density at radius 3 is 2.31 bits per heavy atom. The largest absolute Gasteiger partial charge is 0.463 e. The standard InChI is InChI=1S/C28H37N5O3/c1-28(11-3-12-28)19-32-14-9-20(10-15-32)18-36-27-30-16-23(17-31-27)21-5-7-22(8-6-21)26(35)33-13-2-4-24(33)25(29)34/h5-8,16-17,20,24H,2-4,9-15,18-19H2,1H3,(H2,29,34)/t24-/m0/s1. The summed E-state index contributed by atoms with van der Waals surface area (Å²) in [6, 6.07) is 7.19. The Bertz CT molecular complexity index is 1060. The Morgan fingerprint density at radius 2 is 1.69 bits per heavy atom. The molecule has 5 rings (SSSR count). The number of ether oxygens (including phenoxy) is 1. The van der Waals surface area contributed by atoms with Gasteiger partial charge in [-0.05, 0) is 80.6 Å². The number of nitrogens with zero attached hydrogens (tertiary/aromatic N) is 4. The normalized spacial score (nSPS) is 22.2. The van der Waals surface area contributed by atoms with Crippen LogP contribution in [0.1, 0.15) is 62.2 Å². The summed E-state index contributed by atoms with van der Waals surface area (Å²) in [5.74, 6) is -0.0553. The number of aromatic nitrogens is 2. The van der Waals surface area contributed by atoms with E-state index in [2.05, 4.69) is 21.8 Å². The summed E-state index contributed by atoms with van der Waals surface area (Å²) in [6.07, 6.45) is 11.4. The fraction of sp³-hybridized carbons (Fsp3) is 0.571. The van der Waals surface area contributed by atoms with Crippen LogP contribution in [0.3, 0.4) is 0 Å². The second-order valence-corrected chi connectivity index (χ2v) is 11.1. The number of benzene rings is 1. The van der Waals surface area contributed by atoms with Gasteiger partial charge in [0.05, 0.1) is 6.61 Å². The third kappa shape index (κ3) is 5.53. The zero-order chi connectivity index (χ0) is 25.1. The van der Waals surface area contributed by atoms with Gasteiger partial charge in [0.25, 0.3) is 5.91 Å². The highest BCUT2D eigenvalue weighted by Gasteiger charge is 2.35. The molecule has 0 spiro atoms. The lowest BCUT2D eigenvalue weighted by molar-refractivity contribution is -0.121. The average Bonchev–Trinajstić information content (AvgIpc) is 3.38. The Morgan fingerprint density at radius 1 is 1.00 bits per heavy atom. The second kappa shape index (κ2) is 10.5. The van der Waals surface area contributed by atoms with E-state index >= 15 is 0 Å². The van der Waals surface area contributed by atoms with Gasteiger partial charge >= 0.3 is 6.01 Å². The second-order valence-electron chi connectivity index (χ2n) is 11.1. The van der Waals surface area contributed by atoms with Gasteiger partial charge in [-0.2, -0.15) is 0 Å². The van der Waals surface area contributed by atoms with Crippen molar-refractivity contribution in [1.29, 1.82) is 0 Å². The molecule has 192 valence electrons. The molecule has 2 amide bonds. The highest BCUT2D eigenvalue weighted by atomic mass is 16.5. The molecule has 2 N–H and O–H groups in total. The first-order valence-electron chi connectivity index (χ1n) is 13.3. The number of carbonyl (C=O) groups excluding carboxylic acids is 2. The number of hydrogen-bond donors (Lipinski definition) is 1. The van der Waals surface area contributed by atoms with Crippen LogP contribution in [0.25, 0.3) is 11.1 Å². The van der Waals surface area contributed by atoms with E-state index in [1.165, 1.54) is 25.8 Å². The summed E-state index contributed by atoms with van der Waals surface area (Å²) in [7, 11) is 0. The molecule has 0 unspecified atom stereocenters. The summed E-state index contributed by atoms with van der Waals surface area (Å²) in [5.41, 5.74) is 8.32. The van der Waals surface area contributed by atoms with E-state index in [4.69, 9.17) is 10.5 Å². The minimum absolute atomic E-state index is 0.161. The number of likely N-dealkylation sites (tertiary alicyclic amines) is 2. The van der Waals surface area contributed by atoms with Crippen molar-refractivity contribution in [1.82, 2.24) is 19.8 Å². The first-order chi connectivity index (χ1) is 17.4. The van der Waals surface area contributed by atoms with Crippen LogP contribution in [0, 0.1) is 11.3 Å². The summed E-state index contributed by atoms with van der Waals surface area (Å²) >= 11 is 0. The lowest BCUT2D eigenvalue weighted by Crippen LogP contribution is -2.44. The number of carbonyl (C=O) groups is 2. The maximum absolute atomic E-state index is 12.8. The molecular formula is C28H37N5O3. The molecule has 8 heteroatoms. The van der Waals surface area contributed by atoms with Crippen LogP contribution >= 0.6 is 0 Å². The molecule has 0 bridgehead atoms. The van der Waals surface area contributed by atoms with Gasteiger partial charge in [0.15, 0.2) is 0 Å². The summed E-state index contributed by atoms with van der Waals surface area (Å²) in [4.78, 5) is 37.5. The van der Waals surface area contributed by atoms with E-state index < -0.39 is 11.9 Å². The predicted octanol–water partition coefficient (Wildman–Crippen LogP) is 3.51. The molecule has 36 heavy (non-hydrogen) atoms. The van der Waals surface area contributed by atoms with Crippen LogP contribution in [-0.4, -0.2) is 70.4 Å². The molecule has 1 atom stereocenters. The quantitative estimate of drug-likeness (QED) is 0.606. The van der Waals surface area contributed by atoms with Crippen molar-refractivity contribution < 1.29 is 14.3 Å². The zero-order valence-electron chi connectivity index (χ0n) is 21.2. The minimum atomic E-state index is -0.513. The van der Waals surface area contributed by atoms with Crippen LogP contribution in [-0.2, 0) is 4.79 Å². The number of nitrogens with two attached hydrogens (primary N) is 1. The van der Waals surface area contributed by atoms with Gasteiger partial charge in [-0.15, -0.1) is 0 Å². The molecular weight excluding hydrogens is 454 g/mol. The fourth-order valence-electron chi connectivity index (χ4n) is 5.80. The van der Waals surface area contributed by atoms with E-state index in [9.17, 15) is 9.59 Å². The number of rotatable bonds is 8. The summed E-state index contributed by atoms with van der Waals surface area (Å²) < 4.78 is 5.91. The van der Waals surface area contributed by atoms with Crippen LogP contribution < -0.4 is 10.5 Å². The molecule has 2 aliphatic heterocycles. The fourth-order valence-corrected chi connectivity index (χ4v) is 5.80. The Kier molecular flexibility index (Phi) is 7.23. The van der Waals surface area contributed by atoms with Gasteiger partial charge in [-0.25, -0.2) is 9.97 Å². The molecule has 2 aromatic rings. The smallest absolute Gasteiger partial charge is 0.316 e. The molecule has 0 radical (unpaired) electrons. The Balaban J connectivity index is 1.10. The molecule has 8 nitrogen and oxygen atoms in total. The third-order valence-corrected chi connectivity index (χ3v) is 8.26. The molecule has 2 saturated heterocycles. The SMILES string of the molecule is CC1(CN2CCC(COc3ncc(-c4ccc(C(=O)N5CCC[C@H]5C(N)=O)cc4)cn3)CC2)CCC1. The highest BCUT2D eigenvalue weighted by Crippen LogP contribution is 2.41. The Labute approximate surface area is 213 Å². The number of amides is 2. The number of piperidine rings is 1. The number of primary amides is 1. The molecule has 1 aromatic carbocycles. The lowest BCUT2D eigenvalue weighted by Gasteiger charge is -2.44. The van der Waals surface area contributed by atoms with E-state index in [0.717, 1.165) is 43.5 Å². The van der Waals surface area contributed by atoms with Crippen molar-refractivity contribution in [2.75, 3.05) is 32.8 Å². The third-order valence-electron chi connectivity index (χ3n) is 8.26. The van der Waals surface area contributed by atoms with E-state index in [0.29, 0.717) is 42.5 Å². The van der Waals surface area contributed by atoms with Crippen molar-refractivity contribution in [2.24, 2.45) is 17.1 Å². The van der Waals surface area contributed by atoms with Gasteiger partial charge in [-0.1, -0.05) is 25.5 Å². The van der Waals surface area contributed by atoms with Gasteiger partial charge in [0, 0.05) is 36.6 Å². The van der Waals surface area contributed by atoms with Gasteiger partial charge in [0.1, 0.15) is 6.04 Å². The molecule has 1 saturated carbocycles. The first-order valence-corrected chi connectivity index (χ1v) is 13.3. The average molecular weight is 492 g/mol. The van der Waals surface area contributed by atoms with Crippen molar-refractivity contribution in [3.05, 3.63) is 42.2 Å². The van der Waals surface area contributed by atoms with Crippen LogP contribution in [0.4, 0.5) is 0 Å². The molecule has 3 fully saturated rings. The summed E-state index contributed by atoms with van der Waals surface area (Å²) in [5, 5.41) is 0. The van der Waals surface area contributed by atoms with Gasteiger partial charge < -0.3 is 20.3 Å². The molecule has 3 heterocycles. The molecule has 1 aromatic heterocycles. The van der Waals surface area contributed by atoms with E-state index in [1.54, 1.807) is 29.4 Å². The topological polar surface area (TPSA) is 102 Å². The maximum Gasteiger partial charge on any atom is 0.316 e. The highest BCUT2D eigenvalue weighted by molar-refractivity contribution is 5.98. The van der Waals surface area contributed by atoms with Crippen molar-refractivity contribution in [3.63, 3.8) is 0 Å². The lowest BCUT2D eigenvalue weighted by atomic mass is 9.70. The minimum Gasteiger partial charge on any atom is -0.463 e. The molecule has 3 aliphatic rings. The number of hydrogen-bond acceptors (Lipinski definition) is 6. The van der Waals surface area contributed by atoms with Crippen LogP contribution in [0.2, 0.25) is 0 Å². The van der Waals surface area contributed by atoms with Crippen molar-refractivity contribution in [2.45, 2.75) is 57.9 Å². The van der Waals surface area contributed by atoms with Crippen LogP contribution in [0.15, 0.2) is 36.7 Å². The van der Waals surface area contributed by atoms with Crippen molar-refractivity contribution >= 4 is 11.8 Å². The van der Waals surface area contributed by atoms with Gasteiger partial charge in [0.2, 0.25) is 5.91 Å².